The Morgan fingerprint density at radius 1 is 1.29 bits per heavy atom. The molecule has 0 bridgehead atoms. The van der Waals surface area contributed by atoms with E-state index in [4.69, 9.17) is 11.6 Å². The first-order chi connectivity index (χ1) is 14.6. The van der Waals surface area contributed by atoms with Crippen molar-refractivity contribution in [2.24, 2.45) is 0 Å². The van der Waals surface area contributed by atoms with E-state index in [1.165, 1.54) is 36.1 Å². The number of rotatable bonds is 6. The maximum Gasteiger partial charge on any atom is 0.435 e. The van der Waals surface area contributed by atoms with Crippen molar-refractivity contribution < 1.29 is 22.4 Å². The number of hydrogen-bond donors (Lipinski definition) is 1. The topological polar surface area (TPSA) is 77.6 Å². The van der Waals surface area contributed by atoms with Crippen molar-refractivity contribution in [1.82, 2.24) is 24.5 Å². The van der Waals surface area contributed by atoms with E-state index in [9.17, 15) is 22.4 Å². The third-order valence-electron chi connectivity index (χ3n) is 4.92. The third-order valence-corrected chi connectivity index (χ3v) is 5.27. The highest BCUT2D eigenvalue weighted by Gasteiger charge is 2.39. The second-order valence-corrected chi connectivity index (χ2v) is 7.74. The van der Waals surface area contributed by atoms with Gasteiger partial charge in [0, 0.05) is 16.6 Å². The van der Waals surface area contributed by atoms with Crippen molar-refractivity contribution in [3.63, 3.8) is 0 Å². The number of benzene rings is 1. The molecular formula is C19H17ClF4N6O. The predicted octanol–water partition coefficient (Wildman–Crippen LogP) is 4.41. The molecular weight excluding hydrogens is 440 g/mol. The third kappa shape index (κ3) is 4.71. The van der Waals surface area contributed by atoms with Gasteiger partial charge in [-0.2, -0.15) is 18.3 Å². The summed E-state index contributed by atoms with van der Waals surface area (Å²) >= 11 is 6.00. The first-order valence-corrected chi connectivity index (χ1v) is 9.80. The molecule has 4 rings (SSSR count). The lowest BCUT2D eigenvalue weighted by Crippen LogP contribution is -2.26. The van der Waals surface area contributed by atoms with Crippen LogP contribution in [0.5, 0.6) is 0 Å². The van der Waals surface area contributed by atoms with Gasteiger partial charge in [-0.25, -0.2) is 14.1 Å². The lowest BCUT2D eigenvalue weighted by Gasteiger charge is -2.14. The zero-order valence-electron chi connectivity index (χ0n) is 16.2. The van der Waals surface area contributed by atoms with E-state index in [0.29, 0.717) is 11.3 Å². The van der Waals surface area contributed by atoms with Gasteiger partial charge in [-0.15, -0.1) is 5.10 Å². The van der Waals surface area contributed by atoms with Gasteiger partial charge in [0.25, 0.3) is 5.91 Å². The lowest BCUT2D eigenvalue weighted by atomic mass is 10.2. The minimum atomic E-state index is -4.59. The highest BCUT2D eigenvalue weighted by Crippen LogP contribution is 2.43. The standard InChI is InChI=1S/C19H17ClF4N6O/c1-10(30-15(11-2-3-11)7-16(27-30)19(22,23)24)17(31)26-18-25-9-29(28-18)8-12-4-5-13(21)6-14(12)20/h4-7,9-11H,2-3,8H2,1H3,(H,26,28,31). The van der Waals surface area contributed by atoms with Crippen LogP contribution in [-0.2, 0) is 17.5 Å². The smallest absolute Gasteiger partial charge is 0.291 e. The highest BCUT2D eigenvalue weighted by molar-refractivity contribution is 6.31. The van der Waals surface area contributed by atoms with Crippen LogP contribution in [0.15, 0.2) is 30.6 Å². The molecule has 0 aliphatic heterocycles. The average molecular weight is 457 g/mol. The molecule has 1 N–H and O–H groups in total. The Morgan fingerprint density at radius 3 is 2.68 bits per heavy atom. The van der Waals surface area contributed by atoms with Gasteiger partial charge in [-0.3, -0.25) is 14.8 Å². The molecule has 0 spiro atoms. The normalized spacial score (nSPS) is 15.2. The van der Waals surface area contributed by atoms with E-state index < -0.39 is 29.6 Å². The lowest BCUT2D eigenvalue weighted by molar-refractivity contribution is -0.141. The Hall–Kier alpha value is -2.95. The van der Waals surface area contributed by atoms with E-state index in [1.54, 1.807) is 0 Å². The quantitative estimate of drug-likeness (QED) is 0.557. The fourth-order valence-corrected chi connectivity index (χ4v) is 3.35. The Balaban J connectivity index is 1.47. The van der Waals surface area contributed by atoms with E-state index >= 15 is 0 Å². The summed E-state index contributed by atoms with van der Waals surface area (Å²) in [5, 5.41) is 10.4. The maximum absolute atomic E-state index is 13.2. The molecule has 0 saturated heterocycles. The molecule has 1 unspecified atom stereocenters. The fraction of sp³-hybridized carbons (Fsp3) is 0.368. The summed E-state index contributed by atoms with van der Waals surface area (Å²) in [5.41, 5.74) is -0.0310. The monoisotopic (exact) mass is 456 g/mol. The Bertz CT molecular complexity index is 1120. The summed E-state index contributed by atoms with van der Waals surface area (Å²) in [4.78, 5) is 16.6. The summed E-state index contributed by atoms with van der Waals surface area (Å²) < 4.78 is 54.9. The number of amides is 1. The van der Waals surface area contributed by atoms with Gasteiger partial charge < -0.3 is 0 Å². The number of carbonyl (C=O) groups excluding carboxylic acids is 1. The van der Waals surface area contributed by atoms with Gasteiger partial charge in [-0.05, 0) is 43.5 Å². The number of anilines is 1. The maximum atomic E-state index is 13.2. The van der Waals surface area contributed by atoms with Crippen LogP contribution in [0.1, 0.15) is 48.7 Å². The van der Waals surface area contributed by atoms with Gasteiger partial charge in [0.2, 0.25) is 5.95 Å². The van der Waals surface area contributed by atoms with E-state index in [1.807, 2.05) is 0 Å². The van der Waals surface area contributed by atoms with Crippen molar-refractivity contribution >= 4 is 23.5 Å². The van der Waals surface area contributed by atoms with Crippen LogP contribution in [0.4, 0.5) is 23.5 Å². The molecule has 0 radical (unpaired) electrons. The van der Waals surface area contributed by atoms with Crippen molar-refractivity contribution in [1.29, 1.82) is 0 Å². The number of carbonyl (C=O) groups is 1. The number of nitrogens with one attached hydrogen (secondary N) is 1. The second kappa shape index (κ2) is 7.95. The van der Waals surface area contributed by atoms with Crippen molar-refractivity contribution in [2.75, 3.05) is 5.32 Å². The van der Waals surface area contributed by atoms with Gasteiger partial charge in [0.05, 0.1) is 6.54 Å². The van der Waals surface area contributed by atoms with Crippen LogP contribution in [0, 0.1) is 5.82 Å². The molecule has 1 fully saturated rings. The summed E-state index contributed by atoms with van der Waals surface area (Å²) in [6.45, 7) is 1.65. The number of halogens is 5. The zero-order chi connectivity index (χ0) is 22.3. The molecule has 1 amide bonds. The molecule has 1 aliphatic carbocycles. The van der Waals surface area contributed by atoms with Gasteiger partial charge in [0.1, 0.15) is 18.2 Å². The molecule has 2 aromatic heterocycles. The summed E-state index contributed by atoms with van der Waals surface area (Å²) in [6.07, 6.45) is -1.72. The van der Waals surface area contributed by atoms with Crippen LogP contribution in [-0.4, -0.2) is 30.5 Å². The van der Waals surface area contributed by atoms with Crippen LogP contribution >= 0.6 is 11.6 Å². The van der Waals surface area contributed by atoms with Crippen LogP contribution in [0.25, 0.3) is 0 Å². The molecule has 1 atom stereocenters. The zero-order valence-corrected chi connectivity index (χ0v) is 17.0. The number of nitrogens with zero attached hydrogens (tertiary/aromatic N) is 5. The molecule has 12 heteroatoms. The Morgan fingerprint density at radius 2 is 2.03 bits per heavy atom. The van der Waals surface area contributed by atoms with Crippen molar-refractivity contribution in [2.45, 2.75) is 44.4 Å². The first-order valence-electron chi connectivity index (χ1n) is 9.42. The molecule has 2 heterocycles. The highest BCUT2D eigenvalue weighted by atomic mass is 35.5. The average Bonchev–Trinajstić information content (AvgIpc) is 3.27. The second-order valence-electron chi connectivity index (χ2n) is 7.34. The van der Waals surface area contributed by atoms with Crippen LogP contribution in [0.2, 0.25) is 5.02 Å². The number of hydrogen-bond acceptors (Lipinski definition) is 4. The van der Waals surface area contributed by atoms with E-state index in [-0.39, 0.29) is 23.4 Å². The summed E-state index contributed by atoms with van der Waals surface area (Å²) in [6, 6.07) is 3.95. The molecule has 7 nitrogen and oxygen atoms in total. The summed E-state index contributed by atoms with van der Waals surface area (Å²) in [5.74, 6) is -1.12. The molecule has 1 aromatic carbocycles. The number of alkyl halides is 3. The molecule has 3 aromatic rings. The van der Waals surface area contributed by atoms with E-state index in [0.717, 1.165) is 23.6 Å². The Kier molecular flexibility index (Phi) is 5.46. The minimum Gasteiger partial charge on any atom is -0.291 e. The summed E-state index contributed by atoms with van der Waals surface area (Å²) in [7, 11) is 0. The molecule has 31 heavy (non-hydrogen) atoms. The fourth-order valence-electron chi connectivity index (χ4n) is 3.12. The van der Waals surface area contributed by atoms with Crippen LogP contribution < -0.4 is 5.32 Å². The van der Waals surface area contributed by atoms with Gasteiger partial charge in [-0.1, -0.05) is 17.7 Å². The van der Waals surface area contributed by atoms with Gasteiger partial charge in [0.15, 0.2) is 5.69 Å². The largest absolute Gasteiger partial charge is 0.435 e. The minimum absolute atomic E-state index is 0.0220. The van der Waals surface area contributed by atoms with Crippen molar-refractivity contribution in [3.8, 4) is 0 Å². The van der Waals surface area contributed by atoms with Crippen LogP contribution in [0.3, 0.4) is 0 Å². The predicted molar refractivity (Wildman–Crippen MR) is 103 cm³/mol. The van der Waals surface area contributed by atoms with Gasteiger partial charge >= 0.3 is 6.18 Å². The SMILES string of the molecule is CC(C(=O)Nc1ncn(Cc2ccc(F)cc2Cl)n1)n1nc(C(F)(F)F)cc1C1CC1. The van der Waals surface area contributed by atoms with E-state index in [2.05, 4.69) is 20.5 Å². The Labute approximate surface area is 179 Å². The van der Waals surface area contributed by atoms with Crippen molar-refractivity contribution in [3.05, 3.63) is 58.4 Å². The molecule has 1 aliphatic rings. The molecule has 164 valence electrons. The molecule has 1 saturated carbocycles. The number of aromatic nitrogens is 5. The first kappa shape index (κ1) is 21.3.